The smallest absolute Gasteiger partial charge is 0.278 e. The van der Waals surface area contributed by atoms with Crippen LogP contribution in [0.2, 0.25) is 0 Å². The lowest BCUT2D eigenvalue weighted by atomic mass is 9.97. The van der Waals surface area contributed by atoms with Crippen molar-refractivity contribution < 1.29 is 9.59 Å². The second kappa shape index (κ2) is 11.0. The number of carbonyl (C=O) groups excluding carboxylic acids is 2. The summed E-state index contributed by atoms with van der Waals surface area (Å²) in [4.78, 5) is 32.0. The van der Waals surface area contributed by atoms with Crippen molar-refractivity contribution in [3.63, 3.8) is 0 Å². The molecule has 0 bridgehead atoms. The van der Waals surface area contributed by atoms with E-state index in [0.717, 1.165) is 36.2 Å². The monoisotopic (exact) mass is 450 g/mol. The van der Waals surface area contributed by atoms with Crippen LogP contribution in [0.3, 0.4) is 0 Å². The van der Waals surface area contributed by atoms with Crippen LogP contribution in [0.15, 0.2) is 53.5 Å². The maximum absolute atomic E-state index is 13.8. The molecule has 0 atom stereocenters. The number of hydrogen-bond acceptors (Lipinski definition) is 4. The second-order valence-corrected chi connectivity index (χ2v) is 9.94. The Kier molecular flexibility index (Phi) is 7.80. The number of imide groups is 1. The molecule has 0 spiro atoms. The molecule has 1 aromatic heterocycles. The van der Waals surface area contributed by atoms with E-state index >= 15 is 0 Å². The number of nitrogens with zero attached hydrogens (tertiary/aromatic N) is 2. The molecular weight excluding hydrogens is 416 g/mol. The van der Waals surface area contributed by atoms with Gasteiger partial charge in [0.25, 0.3) is 11.8 Å². The van der Waals surface area contributed by atoms with Gasteiger partial charge in [0, 0.05) is 23.7 Å². The Morgan fingerprint density at radius 1 is 0.781 bits per heavy atom. The van der Waals surface area contributed by atoms with Crippen LogP contribution in [0.25, 0.3) is 5.57 Å². The lowest BCUT2D eigenvalue weighted by Gasteiger charge is -2.28. The molecule has 1 fully saturated rings. The fourth-order valence-electron chi connectivity index (χ4n) is 5.00. The number of amides is 2. The van der Waals surface area contributed by atoms with Gasteiger partial charge in [-0.05, 0) is 36.4 Å². The Morgan fingerprint density at radius 2 is 1.38 bits per heavy atom. The molecule has 2 aliphatic rings. The van der Waals surface area contributed by atoms with Gasteiger partial charge >= 0.3 is 0 Å². The highest BCUT2D eigenvalue weighted by molar-refractivity contribution is 7.11. The zero-order valence-corrected chi connectivity index (χ0v) is 19.9. The Labute approximate surface area is 195 Å². The number of rotatable bonds is 4. The molecule has 1 saturated carbocycles. The zero-order valence-electron chi connectivity index (χ0n) is 19.1. The minimum absolute atomic E-state index is 0.00828. The quantitative estimate of drug-likeness (QED) is 0.490. The summed E-state index contributed by atoms with van der Waals surface area (Å²) in [6.45, 7) is 0. The normalized spacial score (nSPS) is 19.7. The van der Waals surface area contributed by atoms with Crippen LogP contribution in [0, 0.1) is 0 Å². The predicted octanol–water partition coefficient (Wildman–Crippen LogP) is 6.64. The van der Waals surface area contributed by atoms with Gasteiger partial charge < -0.3 is 4.90 Å². The van der Waals surface area contributed by atoms with Gasteiger partial charge in [-0.3, -0.25) is 14.5 Å². The molecule has 1 aromatic carbocycles. The third kappa shape index (κ3) is 4.98. The summed E-state index contributed by atoms with van der Waals surface area (Å²) in [5.74, 6) is -0.255. The lowest BCUT2D eigenvalue weighted by molar-refractivity contribution is -0.140. The van der Waals surface area contributed by atoms with E-state index in [1.165, 1.54) is 56.3 Å². The molecule has 170 valence electrons. The highest BCUT2D eigenvalue weighted by Crippen LogP contribution is 2.37. The molecule has 0 unspecified atom stereocenters. The number of thiophene rings is 1. The van der Waals surface area contributed by atoms with Crippen molar-refractivity contribution in [2.75, 3.05) is 11.9 Å². The molecule has 32 heavy (non-hydrogen) atoms. The first-order chi connectivity index (χ1) is 15.7. The van der Waals surface area contributed by atoms with Crippen LogP contribution in [-0.4, -0.2) is 29.8 Å². The van der Waals surface area contributed by atoms with E-state index in [-0.39, 0.29) is 17.9 Å². The fraction of sp³-hybridized carbons (Fsp3) is 0.481. The number of carbonyl (C=O) groups is 2. The minimum atomic E-state index is -0.137. The van der Waals surface area contributed by atoms with Crippen molar-refractivity contribution >= 4 is 34.4 Å². The molecular formula is C27H34N2O2S. The summed E-state index contributed by atoms with van der Waals surface area (Å²) < 4.78 is 0. The maximum Gasteiger partial charge on any atom is 0.278 e. The highest BCUT2D eigenvalue weighted by Gasteiger charge is 2.44. The molecule has 0 saturated heterocycles. The Balaban J connectivity index is 1.64. The molecule has 0 radical (unpaired) electrons. The van der Waals surface area contributed by atoms with Crippen molar-refractivity contribution in [3.8, 4) is 0 Å². The van der Waals surface area contributed by atoms with Crippen molar-refractivity contribution in [2.24, 2.45) is 0 Å². The van der Waals surface area contributed by atoms with Crippen LogP contribution >= 0.6 is 11.3 Å². The van der Waals surface area contributed by atoms with E-state index in [1.807, 2.05) is 59.8 Å². The standard InChI is InChI=1S/C27H34N2O2S/c1-28(21-15-12-9-13-16-21)25-24(23-19-14-20-32-23)26(30)29(27(25)31)22-17-10-7-5-3-2-4-6-8-11-18-22/h9,12-16,19-20,22H,2-8,10-11,17-18H2,1H3. The summed E-state index contributed by atoms with van der Waals surface area (Å²) in [5, 5.41) is 1.97. The number of benzene rings is 1. The molecule has 5 heteroatoms. The van der Waals surface area contributed by atoms with E-state index in [0.29, 0.717) is 11.3 Å². The third-order valence-electron chi connectivity index (χ3n) is 6.78. The minimum Gasteiger partial charge on any atom is -0.339 e. The van der Waals surface area contributed by atoms with E-state index < -0.39 is 0 Å². The first kappa shape index (κ1) is 22.8. The van der Waals surface area contributed by atoms with Gasteiger partial charge in [-0.1, -0.05) is 82.1 Å². The van der Waals surface area contributed by atoms with Gasteiger partial charge in [-0.2, -0.15) is 0 Å². The number of hydrogen-bond donors (Lipinski definition) is 0. The van der Waals surface area contributed by atoms with Gasteiger partial charge in [-0.25, -0.2) is 0 Å². The maximum atomic E-state index is 13.8. The van der Waals surface area contributed by atoms with Gasteiger partial charge in [-0.15, -0.1) is 11.3 Å². The number of para-hydroxylation sites is 1. The summed E-state index contributed by atoms with van der Waals surface area (Å²) >= 11 is 1.53. The van der Waals surface area contributed by atoms with Gasteiger partial charge in [0.15, 0.2) is 0 Å². The van der Waals surface area contributed by atoms with E-state index in [9.17, 15) is 9.59 Å². The Bertz CT molecular complexity index is 924. The Morgan fingerprint density at radius 3 is 1.94 bits per heavy atom. The van der Waals surface area contributed by atoms with E-state index in [1.54, 1.807) is 4.90 Å². The van der Waals surface area contributed by atoms with Crippen molar-refractivity contribution in [2.45, 2.75) is 76.7 Å². The van der Waals surface area contributed by atoms with Crippen LogP contribution in [0.5, 0.6) is 0 Å². The van der Waals surface area contributed by atoms with E-state index in [4.69, 9.17) is 0 Å². The topological polar surface area (TPSA) is 40.6 Å². The third-order valence-corrected chi connectivity index (χ3v) is 7.66. The molecule has 4 rings (SSSR count). The van der Waals surface area contributed by atoms with E-state index in [2.05, 4.69) is 0 Å². The SMILES string of the molecule is CN(C1=C(c2cccs2)C(=O)N(C2CCCCCCCCCCC2)C1=O)c1ccccc1. The van der Waals surface area contributed by atoms with Crippen LogP contribution in [0.4, 0.5) is 5.69 Å². The summed E-state index contributed by atoms with van der Waals surface area (Å²) in [6.07, 6.45) is 12.9. The average molecular weight is 451 g/mol. The molecule has 4 nitrogen and oxygen atoms in total. The van der Waals surface area contributed by atoms with Crippen LogP contribution in [-0.2, 0) is 9.59 Å². The largest absolute Gasteiger partial charge is 0.339 e. The molecule has 1 aliphatic heterocycles. The van der Waals surface area contributed by atoms with Gasteiger partial charge in [0.05, 0.1) is 5.57 Å². The summed E-state index contributed by atoms with van der Waals surface area (Å²) in [6, 6.07) is 13.7. The van der Waals surface area contributed by atoms with Crippen molar-refractivity contribution in [3.05, 3.63) is 58.4 Å². The molecule has 1 aliphatic carbocycles. The second-order valence-electron chi connectivity index (χ2n) is 8.99. The zero-order chi connectivity index (χ0) is 22.3. The predicted molar refractivity (Wildman–Crippen MR) is 133 cm³/mol. The Hall–Kier alpha value is -2.40. The molecule has 2 aromatic rings. The fourth-order valence-corrected chi connectivity index (χ4v) is 5.76. The highest BCUT2D eigenvalue weighted by atomic mass is 32.1. The lowest BCUT2D eigenvalue weighted by Crippen LogP contribution is -2.42. The molecule has 2 heterocycles. The van der Waals surface area contributed by atoms with Crippen LogP contribution < -0.4 is 4.90 Å². The summed E-state index contributed by atoms with van der Waals surface area (Å²) in [7, 11) is 1.90. The van der Waals surface area contributed by atoms with Crippen LogP contribution in [0.1, 0.15) is 75.5 Å². The van der Waals surface area contributed by atoms with Crippen molar-refractivity contribution in [1.29, 1.82) is 0 Å². The summed E-state index contributed by atoms with van der Waals surface area (Å²) in [5.41, 5.74) is 1.98. The van der Waals surface area contributed by atoms with Gasteiger partial charge in [0.1, 0.15) is 5.70 Å². The average Bonchev–Trinajstić information content (AvgIpc) is 3.41. The van der Waals surface area contributed by atoms with Gasteiger partial charge in [0.2, 0.25) is 0 Å². The van der Waals surface area contributed by atoms with Crippen molar-refractivity contribution in [1.82, 2.24) is 4.90 Å². The molecule has 2 amide bonds. The first-order valence-corrected chi connectivity index (χ1v) is 13.0. The number of anilines is 1. The first-order valence-electron chi connectivity index (χ1n) is 12.1. The molecule has 0 N–H and O–H groups in total. The number of likely N-dealkylation sites (N-methyl/N-ethyl adjacent to an activating group) is 1.